The Labute approximate surface area is 116 Å². The number of hydrogen-bond donors (Lipinski definition) is 2. The fourth-order valence-electron chi connectivity index (χ4n) is 2.23. The Morgan fingerprint density at radius 2 is 2.05 bits per heavy atom. The van der Waals surface area contributed by atoms with Crippen LogP contribution >= 0.6 is 0 Å². The van der Waals surface area contributed by atoms with E-state index >= 15 is 0 Å². The van der Waals surface area contributed by atoms with Crippen LogP contribution in [0.1, 0.15) is 33.3 Å². The van der Waals surface area contributed by atoms with Gasteiger partial charge in [0.05, 0.1) is 0 Å². The topological polar surface area (TPSA) is 33.3 Å². The van der Waals surface area contributed by atoms with Gasteiger partial charge in [-0.05, 0) is 39.3 Å². The van der Waals surface area contributed by atoms with Crippen molar-refractivity contribution < 1.29 is 4.74 Å². The number of benzene rings is 1. The molecule has 0 saturated carbocycles. The molecule has 1 aromatic rings. The molecule has 2 atom stereocenters. The largest absolute Gasteiger partial charge is 0.488 e. The molecule has 1 aliphatic rings. The van der Waals surface area contributed by atoms with Crippen molar-refractivity contribution in [2.75, 3.05) is 13.1 Å². The Morgan fingerprint density at radius 3 is 2.74 bits per heavy atom. The summed E-state index contributed by atoms with van der Waals surface area (Å²) in [5.41, 5.74) is 1.51. The second-order valence-electron chi connectivity index (χ2n) is 6.49. The van der Waals surface area contributed by atoms with Crippen molar-refractivity contribution in [1.82, 2.24) is 10.6 Å². The van der Waals surface area contributed by atoms with Crippen molar-refractivity contribution in [3.8, 4) is 5.75 Å². The molecule has 0 bridgehead atoms. The fourth-order valence-corrected chi connectivity index (χ4v) is 2.23. The van der Waals surface area contributed by atoms with Crippen molar-refractivity contribution in [2.24, 2.45) is 0 Å². The SMILES string of the molecule is CC(CNC(C)(C)C)NCC1Cc2ccccc2O1. The quantitative estimate of drug-likeness (QED) is 0.854. The summed E-state index contributed by atoms with van der Waals surface area (Å²) in [5, 5.41) is 7.06. The number of fused-ring (bicyclic) bond motifs is 1. The van der Waals surface area contributed by atoms with Crippen LogP contribution in [0.15, 0.2) is 24.3 Å². The summed E-state index contributed by atoms with van der Waals surface area (Å²) >= 11 is 0. The van der Waals surface area contributed by atoms with Crippen LogP contribution in [0.5, 0.6) is 5.75 Å². The van der Waals surface area contributed by atoms with Gasteiger partial charge in [0.15, 0.2) is 0 Å². The molecule has 0 fully saturated rings. The maximum absolute atomic E-state index is 5.92. The average molecular weight is 262 g/mol. The van der Waals surface area contributed by atoms with Gasteiger partial charge in [-0.25, -0.2) is 0 Å². The lowest BCUT2D eigenvalue weighted by Crippen LogP contribution is -2.46. The summed E-state index contributed by atoms with van der Waals surface area (Å²) < 4.78 is 5.92. The number of ether oxygens (including phenoxy) is 1. The third-order valence-corrected chi connectivity index (χ3v) is 3.35. The van der Waals surface area contributed by atoms with Gasteiger partial charge >= 0.3 is 0 Å². The first-order valence-electron chi connectivity index (χ1n) is 7.17. The summed E-state index contributed by atoms with van der Waals surface area (Å²) in [6.07, 6.45) is 1.29. The first-order valence-corrected chi connectivity index (χ1v) is 7.17. The molecule has 3 heteroatoms. The minimum absolute atomic E-state index is 0.177. The van der Waals surface area contributed by atoms with Crippen LogP contribution in [-0.2, 0) is 6.42 Å². The van der Waals surface area contributed by atoms with E-state index in [2.05, 4.69) is 56.5 Å². The highest BCUT2D eigenvalue weighted by molar-refractivity contribution is 5.37. The van der Waals surface area contributed by atoms with E-state index in [0.29, 0.717) is 6.04 Å². The van der Waals surface area contributed by atoms with Crippen LogP contribution in [0.3, 0.4) is 0 Å². The lowest BCUT2D eigenvalue weighted by molar-refractivity contribution is 0.220. The van der Waals surface area contributed by atoms with Gasteiger partial charge in [-0.2, -0.15) is 0 Å². The molecule has 1 aliphatic heterocycles. The van der Waals surface area contributed by atoms with Gasteiger partial charge in [-0.1, -0.05) is 18.2 Å². The Balaban J connectivity index is 1.70. The summed E-state index contributed by atoms with van der Waals surface area (Å²) in [6, 6.07) is 8.77. The monoisotopic (exact) mass is 262 g/mol. The van der Waals surface area contributed by atoms with Crippen LogP contribution in [0.25, 0.3) is 0 Å². The van der Waals surface area contributed by atoms with E-state index in [1.54, 1.807) is 0 Å². The molecule has 0 aromatic heterocycles. The lowest BCUT2D eigenvalue weighted by atomic mass is 10.1. The normalized spacial score (nSPS) is 19.9. The van der Waals surface area contributed by atoms with Crippen LogP contribution in [0.2, 0.25) is 0 Å². The van der Waals surface area contributed by atoms with Crippen molar-refractivity contribution in [1.29, 1.82) is 0 Å². The van der Waals surface area contributed by atoms with Gasteiger partial charge in [0.2, 0.25) is 0 Å². The number of para-hydroxylation sites is 1. The van der Waals surface area contributed by atoms with Gasteiger partial charge in [0, 0.05) is 31.1 Å². The average Bonchev–Trinajstić information content (AvgIpc) is 2.75. The van der Waals surface area contributed by atoms with E-state index in [0.717, 1.165) is 25.3 Å². The molecule has 0 spiro atoms. The Hall–Kier alpha value is -1.06. The zero-order valence-electron chi connectivity index (χ0n) is 12.5. The zero-order valence-corrected chi connectivity index (χ0v) is 12.5. The first kappa shape index (κ1) is 14.4. The maximum atomic E-state index is 5.92. The molecule has 3 nitrogen and oxygen atoms in total. The molecule has 0 saturated heterocycles. The molecule has 0 aliphatic carbocycles. The highest BCUT2D eigenvalue weighted by atomic mass is 16.5. The van der Waals surface area contributed by atoms with Gasteiger partial charge < -0.3 is 15.4 Å². The van der Waals surface area contributed by atoms with Gasteiger partial charge in [0.25, 0.3) is 0 Å². The summed E-state index contributed by atoms with van der Waals surface area (Å²) in [7, 11) is 0. The molecule has 106 valence electrons. The first-order chi connectivity index (χ1) is 8.94. The summed E-state index contributed by atoms with van der Waals surface area (Å²) in [6.45, 7) is 10.7. The Bertz CT molecular complexity index is 386. The van der Waals surface area contributed by atoms with Crippen LogP contribution < -0.4 is 15.4 Å². The van der Waals surface area contributed by atoms with Crippen molar-refractivity contribution in [2.45, 2.75) is 51.8 Å². The molecule has 2 rings (SSSR count). The Kier molecular flexibility index (Phi) is 4.48. The molecular formula is C16H26N2O. The summed E-state index contributed by atoms with van der Waals surface area (Å²) in [4.78, 5) is 0. The molecular weight excluding hydrogens is 236 g/mol. The van der Waals surface area contributed by atoms with E-state index in [4.69, 9.17) is 4.74 Å². The molecule has 2 N–H and O–H groups in total. The molecule has 2 unspecified atom stereocenters. The van der Waals surface area contributed by atoms with E-state index in [9.17, 15) is 0 Å². The second kappa shape index (κ2) is 5.93. The van der Waals surface area contributed by atoms with Gasteiger partial charge in [-0.15, -0.1) is 0 Å². The molecule has 1 heterocycles. The van der Waals surface area contributed by atoms with Crippen molar-refractivity contribution in [3.63, 3.8) is 0 Å². The zero-order chi connectivity index (χ0) is 13.9. The number of rotatable bonds is 5. The summed E-state index contributed by atoms with van der Waals surface area (Å²) in [5.74, 6) is 1.05. The highest BCUT2D eigenvalue weighted by Crippen LogP contribution is 2.27. The molecule has 0 amide bonds. The Morgan fingerprint density at radius 1 is 1.32 bits per heavy atom. The predicted octanol–water partition coefficient (Wildman–Crippen LogP) is 2.36. The van der Waals surface area contributed by atoms with Crippen molar-refractivity contribution in [3.05, 3.63) is 29.8 Å². The fraction of sp³-hybridized carbons (Fsp3) is 0.625. The van der Waals surface area contributed by atoms with Crippen LogP contribution in [-0.4, -0.2) is 30.8 Å². The third kappa shape index (κ3) is 4.51. The molecule has 19 heavy (non-hydrogen) atoms. The van der Waals surface area contributed by atoms with E-state index < -0.39 is 0 Å². The maximum Gasteiger partial charge on any atom is 0.123 e. The van der Waals surface area contributed by atoms with Crippen LogP contribution in [0.4, 0.5) is 0 Å². The smallest absolute Gasteiger partial charge is 0.123 e. The van der Waals surface area contributed by atoms with Crippen molar-refractivity contribution >= 4 is 0 Å². The number of hydrogen-bond acceptors (Lipinski definition) is 3. The lowest BCUT2D eigenvalue weighted by Gasteiger charge is -2.24. The number of nitrogens with one attached hydrogen (secondary N) is 2. The molecule has 1 aromatic carbocycles. The van der Waals surface area contributed by atoms with E-state index in [-0.39, 0.29) is 11.6 Å². The predicted molar refractivity (Wildman–Crippen MR) is 79.8 cm³/mol. The minimum Gasteiger partial charge on any atom is -0.488 e. The standard InChI is InChI=1S/C16H26N2O/c1-12(10-18-16(2,3)4)17-11-14-9-13-7-5-6-8-15(13)19-14/h5-8,12,14,17-18H,9-11H2,1-4H3. The van der Waals surface area contributed by atoms with Gasteiger partial charge in [0.1, 0.15) is 11.9 Å². The minimum atomic E-state index is 0.177. The highest BCUT2D eigenvalue weighted by Gasteiger charge is 2.22. The molecule has 0 radical (unpaired) electrons. The van der Waals surface area contributed by atoms with Gasteiger partial charge in [-0.3, -0.25) is 0 Å². The second-order valence-corrected chi connectivity index (χ2v) is 6.49. The van der Waals surface area contributed by atoms with E-state index in [1.165, 1.54) is 5.56 Å². The third-order valence-electron chi connectivity index (χ3n) is 3.35. The van der Waals surface area contributed by atoms with Crippen LogP contribution in [0, 0.1) is 0 Å². The van der Waals surface area contributed by atoms with E-state index in [1.807, 2.05) is 6.07 Å².